The van der Waals surface area contributed by atoms with E-state index >= 15 is 0 Å². The number of ether oxygens (including phenoxy) is 1. The van der Waals surface area contributed by atoms with Gasteiger partial charge in [-0.05, 0) is 25.7 Å². The summed E-state index contributed by atoms with van der Waals surface area (Å²) in [4.78, 5) is 15.1. The van der Waals surface area contributed by atoms with Crippen molar-refractivity contribution in [3.05, 3.63) is 0 Å². The van der Waals surface area contributed by atoms with Crippen LogP contribution < -0.4 is 5.73 Å². The van der Waals surface area contributed by atoms with Crippen LogP contribution in [0.1, 0.15) is 53.9 Å². The Labute approximate surface area is 129 Å². The fourth-order valence-electron chi connectivity index (χ4n) is 4.13. The van der Waals surface area contributed by atoms with Crippen molar-refractivity contribution in [1.29, 1.82) is 0 Å². The van der Waals surface area contributed by atoms with Crippen LogP contribution in [-0.2, 0) is 9.53 Å². The molecular weight excluding hydrogens is 264 g/mol. The fourth-order valence-corrected chi connectivity index (χ4v) is 4.13. The Morgan fingerprint density at radius 3 is 2.67 bits per heavy atom. The molecule has 4 atom stereocenters. The highest BCUT2D eigenvalue weighted by Crippen LogP contribution is 2.57. The lowest BCUT2D eigenvalue weighted by Gasteiger charge is -2.65. The van der Waals surface area contributed by atoms with E-state index in [2.05, 4.69) is 27.7 Å². The Balaban J connectivity index is 2.19. The molecule has 0 aromatic carbocycles. The molecule has 1 amide bonds. The van der Waals surface area contributed by atoms with Gasteiger partial charge < -0.3 is 15.4 Å². The number of carbonyl (C=O) groups excluding carboxylic acids is 1. The summed E-state index contributed by atoms with van der Waals surface area (Å²) in [6, 6.07) is 0. The number of rotatable bonds is 5. The summed E-state index contributed by atoms with van der Waals surface area (Å²) < 4.78 is 5.90. The molecular formula is C17H32N2O2. The molecule has 1 heterocycles. The van der Waals surface area contributed by atoms with E-state index in [0.29, 0.717) is 5.92 Å². The molecule has 2 rings (SSSR count). The molecule has 4 unspecified atom stereocenters. The van der Waals surface area contributed by atoms with Crippen LogP contribution in [0.3, 0.4) is 0 Å². The Kier molecular flexibility index (Phi) is 4.69. The number of nitrogens with zero attached hydrogens (tertiary/aromatic N) is 1. The first-order chi connectivity index (χ1) is 9.80. The van der Waals surface area contributed by atoms with Crippen LogP contribution in [0.15, 0.2) is 0 Å². The van der Waals surface area contributed by atoms with Gasteiger partial charge in [0.1, 0.15) is 5.54 Å². The summed E-state index contributed by atoms with van der Waals surface area (Å²) in [5.41, 5.74) is 5.66. The summed E-state index contributed by atoms with van der Waals surface area (Å²) in [5, 5.41) is 0. The highest BCUT2D eigenvalue weighted by molar-refractivity contribution is 5.89. The summed E-state index contributed by atoms with van der Waals surface area (Å²) in [6.45, 7) is 12.9. The van der Waals surface area contributed by atoms with E-state index < -0.39 is 5.54 Å². The maximum Gasteiger partial charge on any atom is 0.243 e. The van der Waals surface area contributed by atoms with Crippen LogP contribution in [0, 0.1) is 17.3 Å². The van der Waals surface area contributed by atoms with E-state index in [9.17, 15) is 4.79 Å². The van der Waals surface area contributed by atoms with Gasteiger partial charge in [0.2, 0.25) is 5.91 Å². The highest BCUT2D eigenvalue weighted by Gasteiger charge is 2.70. The van der Waals surface area contributed by atoms with Gasteiger partial charge in [0, 0.05) is 31.0 Å². The van der Waals surface area contributed by atoms with Gasteiger partial charge >= 0.3 is 0 Å². The van der Waals surface area contributed by atoms with Crippen molar-refractivity contribution in [2.24, 2.45) is 23.0 Å². The van der Waals surface area contributed by atoms with Crippen molar-refractivity contribution >= 4 is 5.91 Å². The Bertz CT molecular complexity index is 396. The maximum absolute atomic E-state index is 13.1. The Morgan fingerprint density at radius 2 is 2.10 bits per heavy atom. The molecule has 1 saturated heterocycles. The predicted molar refractivity (Wildman–Crippen MR) is 84.9 cm³/mol. The van der Waals surface area contributed by atoms with E-state index in [0.717, 1.165) is 39.0 Å². The Morgan fingerprint density at radius 1 is 1.43 bits per heavy atom. The standard InChI is InChI=1S/C17H32N2O2/c1-6-12(3)11-19(7-2)15(20)17(18)13-9-8-10-21-14(13)16(17,4)5/h12-14H,6-11,18H2,1-5H3. The molecule has 21 heavy (non-hydrogen) atoms. The lowest BCUT2D eigenvalue weighted by Crippen LogP contribution is -2.82. The molecule has 1 saturated carbocycles. The minimum atomic E-state index is -0.762. The largest absolute Gasteiger partial charge is 0.377 e. The van der Waals surface area contributed by atoms with Gasteiger partial charge in [-0.15, -0.1) is 0 Å². The summed E-state index contributed by atoms with van der Waals surface area (Å²) in [6.07, 6.45) is 3.25. The average molecular weight is 296 g/mol. The third kappa shape index (κ3) is 2.40. The van der Waals surface area contributed by atoms with Gasteiger partial charge in [-0.3, -0.25) is 4.79 Å². The third-order valence-electron chi connectivity index (χ3n) is 5.94. The zero-order valence-corrected chi connectivity index (χ0v) is 14.3. The molecule has 0 bridgehead atoms. The summed E-state index contributed by atoms with van der Waals surface area (Å²) in [5.74, 6) is 0.820. The van der Waals surface area contributed by atoms with Crippen molar-refractivity contribution in [3.8, 4) is 0 Å². The van der Waals surface area contributed by atoms with E-state index in [1.165, 1.54) is 0 Å². The average Bonchev–Trinajstić information content (AvgIpc) is 2.50. The van der Waals surface area contributed by atoms with Gasteiger partial charge in [0.05, 0.1) is 6.10 Å². The SMILES string of the molecule is CCC(C)CN(CC)C(=O)C1(N)C2CCCOC2C1(C)C. The van der Waals surface area contributed by atoms with Gasteiger partial charge in [0.25, 0.3) is 0 Å². The van der Waals surface area contributed by atoms with E-state index in [1.807, 2.05) is 11.8 Å². The van der Waals surface area contributed by atoms with E-state index in [4.69, 9.17) is 10.5 Å². The lowest BCUT2D eigenvalue weighted by molar-refractivity contribution is -0.230. The molecule has 2 aliphatic rings. The number of nitrogens with two attached hydrogens (primary N) is 1. The maximum atomic E-state index is 13.1. The van der Waals surface area contributed by atoms with Crippen molar-refractivity contribution in [1.82, 2.24) is 4.90 Å². The lowest BCUT2D eigenvalue weighted by atomic mass is 9.46. The second-order valence-corrected chi connectivity index (χ2v) is 7.49. The smallest absolute Gasteiger partial charge is 0.243 e. The van der Waals surface area contributed by atoms with Crippen LogP contribution in [0.25, 0.3) is 0 Å². The van der Waals surface area contributed by atoms with Gasteiger partial charge in [-0.25, -0.2) is 0 Å². The van der Waals surface area contributed by atoms with Crippen LogP contribution in [0.2, 0.25) is 0 Å². The van der Waals surface area contributed by atoms with Crippen LogP contribution in [0.4, 0.5) is 0 Å². The first-order valence-corrected chi connectivity index (χ1v) is 8.50. The molecule has 0 radical (unpaired) electrons. The fraction of sp³-hybridized carbons (Fsp3) is 0.941. The van der Waals surface area contributed by atoms with Crippen LogP contribution >= 0.6 is 0 Å². The molecule has 0 aromatic rings. The number of likely N-dealkylation sites (N-methyl/N-ethyl adjacent to an activating group) is 1. The first-order valence-electron chi connectivity index (χ1n) is 8.50. The number of carbonyl (C=O) groups is 1. The topological polar surface area (TPSA) is 55.6 Å². The van der Waals surface area contributed by atoms with Gasteiger partial charge in [0.15, 0.2) is 0 Å². The van der Waals surface area contributed by atoms with Gasteiger partial charge in [-0.2, -0.15) is 0 Å². The molecule has 1 aliphatic heterocycles. The molecule has 1 aliphatic carbocycles. The summed E-state index contributed by atoms with van der Waals surface area (Å²) in [7, 11) is 0. The number of hydrogen-bond acceptors (Lipinski definition) is 3. The minimum Gasteiger partial charge on any atom is -0.377 e. The van der Waals surface area contributed by atoms with Crippen molar-refractivity contribution in [2.75, 3.05) is 19.7 Å². The molecule has 4 heteroatoms. The van der Waals surface area contributed by atoms with Crippen LogP contribution in [0.5, 0.6) is 0 Å². The second-order valence-electron chi connectivity index (χ2n) is 7.49. The molecule has 0 spiro atoms. The van der Waals surface area contributed by atoms with Gasteiger partial charge in [-0.1, -0.05) is 34.1 Å². The molecule has 4 nitrogen and oxygen atoms in total. The predicted octanol–water partition coefficient (Wildman–Crippen LogP) is 2.41. The highest BCUT2D eigenvalue weighted by atomic mass is 16.5. The zero-order valence-electron chi connectivity index (χ0n) is 14.3. The molecule has 2 fully saturated rings. The third-order valence-corrected chi connectivity index (χ3v) is 5.94. The van der Waals surface area contributed by atoms with Crippen molar-refractivity contribution in [3.63, 3.8) is 0 Å². The minimum absolute atomic E-state index is 0.127. The van der Waals surface area contributed by atoms with Crippen LogP contribution in [-0.4, -0.2) is 42.1 Å². The normalized spacial score (nSPS) is 35.5. The van der Waals surface area contributed by atoms with E-state index in [-0.39, 0.29) is 23.3 Å². The number of amides is 1. The quantitative estimate of drug-likeness (QED) is 0.847. The monoisotopic (exact) mass is 296 g/mol. The number of fused-ring (bicyclic) bond motifs is 1. The molecule has 0 aromatic heterocycles. The second kappa shape index (κ2) is 5.88. The first kappa shape index (κ1) is 16.8. The number of hydrogen-bond donors (Lipinski definition) is 1. The zero-order chi connectivity index (χ0) is 15.8. The van der Waals surface area contributed by atoms with Crippen molar-refractivity contribution in [2.45, 2.75) is 65.5 Å². The molecule has 2 N–H and O–H groups in total. The summed E-state index contributed by atoms with van der Waals surface area (Å²) >= 11 is 0. The Hall–Kier alpha value is -0.610. The van der Waals surface area contributed by atoms with E-state index in [1.54, 1.807) is 0 Å². The molecule has 122 valence electrons. The van der Waals surface area contributed by atoms with Crippen molar-refractivity contribution < 1.29 is 9.53 Å².